The molecular weight excluding hydrogens is 384 g/mol. The van der Waals surface area contributed by atoms with Crippen LogP contribution in [-0.2, 0) is 11.3 Å². The Kier molecular flexibility index (Phi) is 6.22. The van der Waals surface area contributed by atoms with Crippen LogP contribution in [0.25, 0.3) is 0 Å². The van der Waals surface area contributed by atoms with Gasteiger partial charge in [-0.05, 0) is 43.2 Å². The van der Waals surface area contributed by atoms with E-state index in [0.717, 1.165) is 47.4 Å². The summed E-state index contributed by atoms with van der Waals surface area (Å²) in [5.41, 5.74) is 1.88. The number of carbonyl (C=O) groups excluding carboxylic acids is 1. The van der Waals surface area contributed by atoms with Crippen molar-refractivity contribution in [3.63, 3.8) is 0 Å². The molecule has 2 N–H and O–H groups in total. The van der Waals surface area contributed by atoms with E-state index in [4.69, 9.17) is 14.2 Å². The highest BCUT2D eigenvalue weighted by Crippen LogP contribution is 2.33. The van der Waals surface area contributed by atoms with Crippen LogP contribution in [0.3, 0.4) is 0 Å². The van der Waals surface area contributed by atoms with E-state index >= 15 is 0 Å². The van der Waals surface area contributed by atoms with E-state index in [1.54, 1.807) is 4.90 Å². The number of fused-ring (bicyclic) bond motifs is 2. The Bertz CT molecular complexity index is 931. The quantitative estimate of drug-likeness (QED) is 0.414. The fourth-order valence-corrected chi connectivity index (χ4v) is 3.39. The molecule has 2 aliphatic rings. The van der Waals surface area contributed by atoms with Gasteiger partial charge in [-0.15, -0.1) is 0 Å². The van der Waals surface area contributed by atoms with Crippen molar-refractivity contribution < 1.29 is 19.0 Å². The van der Waals surface area contributed by atoms with Crippen molar-refractivity contribution in [3.05, 3.63) is 48.0 Å². The first-order chi connectivity index (χ1) is 14.7. The minimum Gasteiger partial charge on any atom is -0.482 e. The van der Waals surface area contributed by atoms with Crippen molar-refractivity contribution in [2.75, 3.05) is 37.9 Å². The number of carbonyl (C=O) groups is 1. The number of hydrogen-bond donors (Lipinski definition) is 2. The van der Waals surface area contributed by atoms with Gasteiger partial charge in [0.05, 0.1) is 12.2 Å². The van der Waals surface area contributed by atoms with Crippen LogP contribution in [0, 0.1) is 0 Å². The van der Waals surface area contributed by atoms with Crippen molar-refractivity contribution in [2.24, 2.45) is 4.99 Å². The molecule has 0 bridgehead atoms. The van der Waals surface area contributed by atoms with Gasteiger partial charge in [-0.2, -0.15) is 0 Å². The molecule has 158 valence electrons. The summed E-state index contributed by atoms with van der Waals surface area (Å²) in [5, 5.41) is 6.59. The molecule has 2 aromatic carbocycles. The van der Waals surface area contributed by atoms with E-state index in [1.807, 2.05) is 49.4 Å². The van der Waals surface area contributed by atoms with Crippen molar-refractivity contribution in [2.45, 2.75) is 19.9 Å². The standard InChI is InChI=1S/C22H26N4O4/c1-2-23-22(25-13-16-8-9-19-20(12-16)30-15-29-19)24-10-5-11-26-17-6-3-4-7-18(17)28-14-21(26)27/h3-4,6-9,12H,2,5,10-11,13-15H2,1H3,(H2,23,24,25). The molecule has 0 radical (unpaired) electrons. The first kappa shape index (κ1) is 19.9. The third-order valence-electron chi connectivity index (χ3n) is 4.86. The lowest BCUT2D eigenvalue weighted by atomic mass is 10.2. The molecule has 30 heavy (non-hydrogen) atoms. The van der Waals surface area contributed by atoms with Crippen LogP contribution in [0.5, 0.6) is 17.2 Å². The summed E-state index contributed by atoms with van der Waals surface area (Å²) in [4.78, 5) is 18.7. The molecule has 0 spiro atoms. The second kappa shape index (κ2) is 9.39. The molecule has 0 atom stereocenters. The smallest absolute Gasteiger partial charge is 0.265 e. The highest BCUT2D eigenvalue weighted by molar-refractivity contribution is 5.97. The number of nitrogens with one attached hydrogen (secondary N) is 2. The largest absolute Gasteiger partial charge is 0.482 e. The molecule has 0 aromatic heterocycles. The fourth-order valence-electron chi connectivity index (χ4n) is 3.39. The zero-order valence-electron chi connectivity index (χ0n) is 17.0. The van der Waals surface area contributed by atoms with Gasteiger partial charge in [0.2, 0.25) is 6.79 Å². The monoisotopic (exact) mass is 410 g/mol. The maximum atomic E-state index is 12.3. The van der Waals surface area contributed by atoms with E-state index < -0.39 is 0 Å². The molecule has 0 unspecified atom stereocenters. The molecular formula is C22H26N4O4. The summed E-state index contributed by atoms with van der Waals surface area (Å²) >= 11 is 0. The van der Waals surface area contributed by atoms with Crippen LogP contribution >= 0.6 is 0 Å². The second-order valence-electron chi connectivity index (χ2n) is 6.96. The van der Waals surface area contributed by atoms with Crippen molar-refractivity contribution in [1.29, 1.82) is 0 Å². The number of aliphatic imine (C=N–C) groups is 1. The van der Waals surface area contributed by atoms with E-state index in [0.29, 0.717) is 19.6 Å². The van der Waals surface area contributed by atoms with Crippen molar-refractivity contribution in [1.82, 2.24) is 10.6 Å². The van der Waals surface area contributed by atoms with Gasteiger partial charge in [0, 0.05) is 19.6 Å². The first-order valence-electron chi connectivity index (χ1n) is 10.2. The minimum absolute atomic E-state index is 0.0166. The zero-order valence-corrected chi connectivity index (χ0v) is 17.0. The van der Waals surface area contributed by atoms with Gasteiger partial charge in [0.1, 0.15) is 5.75 Å². The lowest BCUT2D eigenvalue weighted by Crippen LogP contribution is -2.42. The van der Waals surface area contributed by atoms with Crippen LogP contribution in [0.2, 0.25) is 0 Å². The van der Waals surface area contributed by atoms with Gasteiger partial charge in [-0.3, -0.25) is 4.79 Å². The maximum Gasteiger partial charge on any atom is 0.265 e. The van der Waals surface area contributed by atoms with Crippen molar-refractivity contribution >= 4 is 17.6 Å². The number of rotatable bonds is 7. The van der Waals surface area contributed by atoms with Crippen LogP contribution in [-0.4, -0.2) is 44.9 Å². The van der Waals surface area contributed by atoms with Gasteiger partial charge in [0.15, 0.2) is 24.1 Å². The Balaban J connectivity index is 1.30. The van der Waals surface area contributed by atoms with Crippen LogP contribution < -0.4 is 29.7 Å². The van der Waals surface area contributed by atoms with E-state index in [2.05, 4.69) is 15.6 Å². The topological polar surface area (TPSA) is 84.4 Å². The van der Waals surface area contributed by atoms with E-state index in [9.17, 15) is 4.79 Å². The van der Waals surface area contributed by atoms with Crippen LogP contribution in [0.1, 0.15) is 18.9 Å². The predicted molar refractivity (Wildman–Crippen MR) is 114 cm³/mol. The molecule has 2 aromatic rings. The molecule has 0 saturated carbocycles. The number of benzene rings is 2. The molecule has 0 fully saturated rings. The average Bonchev–Trinajstić information content (AvgIpc) is 3.24. The van der Waals surface area contributed by atoms with Gasteiger partial charge in [-0.25, -0.2) is 4.99 Å². The van der Waals surface area contributed by atoms with Gasteiger partial charge >= 0.3 is 0 Å². The number of hydrogen-bond acceptors (Lipinski definition) is 5. The lowest BCUT2D eigenvalue weighted by Gasteiger charge is -2.29. The Hall–Kier alpha value is -3.42. The first-order valence-corrected chi connectivity index (χ1v) is 10.2. The Morgan fingerprint density at radius 3 is 2.83 bits per heavy atom. The normalized spacial score (nSPS) is 14.9. The summed E-state index contributed by atoms with van der Waals surface area (Å²) in [7, 11) is 0. The third-order valence-corrected chi connectivity index (χ3v) is 4.86. The molecule has 8 nitrogen and oxygen atoms in total. The number of amides is 1. The molecule has 2 aliphatic heterocycles. The SMILES string of the molecule is CCNC(=NCc1ccc2c(c1)OCO2)NCCCN1C(=O)COc2ccccc21. The predicted octanol–water partition coefficient (Wildman–Crippen LogP) is 2.29. The van der Waals surface area contributed by atoms with E-state index in [-0.39, 0.29) is 19.3 Å². The zero-order chi connectivity index (χ0) is 20.8. The fraction of sp³-hybridized carbons (Fsp3) is 0.364. The summed E-state index contributed by atoms with van der Waals surface area (Å²) < 4.78 is 16.3. The highest BCUT2D eigenvalue weighted by Gasteiger charge is 2.24. The molecule has 0 aliphatic carbocycles. The lowest BCUT2D eigenvalue weighted by molar-refractivity contribution is -0.121. The number of para-hydroxylation sites is 2. The Labute approximate surface area is 175 Å². The van der Waals surface area contributed by atoms with Gasteiger partial charge in [0.25, 0.3) is 5.91 Å². The average molecular weight is 410 g/mol. The van der Waals surface area contributed by atoms with Crippen molar-refractivity contribution in [3.8, 4) is 17.2 Å². The third kappa shape index (κ3) is 4.59. The highest BCUT2D eigenvalue weighted by atomic mass is 16.7. The molecule has 2 heterocycles. The summed E-state index contributed by atoms with van der Waals surface area (Å²) in [6, 6.07) is 13.5. The van der Waals surface area contributed by atoms with Crippen LogP contribution in [0.15, 0.2) is 47.5 Å². The minimum atomic E-state index is -0.0166. The van der Waals surface area contributed by atoms with Crippen LogP contribution in [0.4, 0.5) is 5.69 Å². The summed E-state index contributed by atoms with van der Waals surface area (Å²) in [5.74, 6) is 3.01. The molecule has 8 heteroatoms. The molecule has 0 saturated heterocycles. The second-order valence-corrected chi connectivity index (χ2v) is 6.96. The summed E-state index contributed by atoms with van der Waals surface area (Å²) in [6.45, 7) is 4.99. The number of guanidine groups is 1. The van der Waals surface area contributed by atoms with E-state index in [1.165, 1.54) is 0 Å². The van der Waals surface area contributed by atoms with Gasteiger partial charge < -0.3 is 29.7 Å². The Morgan fingerprint density at radius 2 is 1.93 bits per heavy atom. The maximum absolute atomic E-state index is 12.3. The molecule has 1 amide bonds. The summed E-state index contributed by atoms with van der Waals surface area (Å²) in [6.07, 6.45) is 0.786. The number of anilines is 1. The van der Waals surface area contributed by atoms with Gasteiger partial charge in [-0.1, -0.05) is 18.2 Å². The Morgan fingerprint density at radius 1 is 1.07 bits per heavy atom. The molecule has 4 rings (SSSR count). The number of nitrogens with zero attached hydrogens (tertiary/aromatic N) is 2. The number of ether oxygens (including phenoxy) is 3.